The predicted molar refractivity (Wildman–Crippen MR) is 133 cm³/mol. The normalized spacial score (nSPS) is 13.5. The van der Waals surface area contributed by atoms with Gasteiger partial charge in [0.15, 0.2) is 0 Å². The molecule has 0 aliphatic heterocycles. The Kier molecular flexibility index (Phi) is 15.8. The molecule has 0 amide bonds. The standard InChI is InChI=1S/C19H30.6CH3.2Sn/c1-4-7-9-11-13-15-17-19(6-3)18-16-14-12-10-8-5-2;;;;;;;;/h11,17H,4-5,7-10,12,14-16,18H2,1-2H3;6*1H3;;/b13-11?,19-17+;;;;;;;;. The van der Waals surface area contributed by atoms with Crippen molar-refractivity contribution in [1.29, 1.82) is 0 Å². The molecule has 0 unspecified atom stereocenters. The summed E-state index contributed by atoms with van der Waals surface area (Å²) in [6.07, 6.45) is 19.6. The Morgan fingerprint density at radius 1 is 0.741 bits per heavy atom. The van der Waals surface area contributed by atoms with E-state index >= 15 is 0 Å². The number of rotatable bonds is 13. The van der Waals surface area contributed by atoms with Gasteiger partial charge in [0.05, 0.1) is 0 Å². The summed E-state index contributed by atoms with van der Waals surface area (Å²) < 4.78 is 5.48. The molecule has 0 aromatic rings. The molecule has 0 atom stereocenters. The quantitative estimate of drug-likeness (QED) is 0.115. The first-order valence-electron chi connectivity index (χ1n) is 11.5. The van der Waals surface area contributed by atoms with Gasteiger partial charge in [-0.25, -0.2) is 0 Å². The molecule has 0 saturated heterocycles. The third-order valence-corrected chi connectivity index (χ3v) is 14.0. The molecule has 0 saturated carbocycles. The van der Waals surface area contributed by atoms with Gasteiger partial charge in [-0.1, -0.05) is 0 Å². The van der Waals surface area contributed by atoms with Crippen LogP contribution in [0.25, 0.3) is 0 Å². The van der Waals surface area contributed by atoms with Gasteiger partial charge < -0.3 is 0 Å². The second-order valence-corrected chi connectivity index (χ2v) is 38.3. The first-order valence-corrected chi connectivity index (χ1v) is 31.5. The van der Waals surface area contributed by atoms with Gasteiger partial charge in [-0.2, -0.15) is 0 Å². The number of unbranched alkanes of at least 4 members (excludes halogenated alkanes) is 7. The van der Waals surface area contributed by atoms with E-state index in [1.807, 2.05) is 0 Å². The summed E-state index contributed by atoms with van der Waals surface area (Å²) >= 11 is -4.02. The van der Waals surface area contributed by atoms with E-state index in [2.05, 4.69) is 65.5 Å². The summed E-state index contributed by atoms with van der Waals surface area (Å²) in [7, 11) is 0. The van der Waals surface area contributed by atoms with Crippen molar-refractivity contribution in [3.63, 3.8) is 0 Å². The van der Waals surface area contributed by atoms with Crippen LogP contribution in [0.2, 0.25) is 29.6 Å². The molecule has 0 nitrogen and oxygen atoms in total. The van der Waals surface area contributed by atoms with Gasteiger partial charge >= 0.3 is 182 Å². The Balaban J connectivity index is 5.04. The van der Waals surface area contributed by atoms with Crippen LogP contribution < -0.4 is 0 Å². The molecule has 27 heavy (non-hydrogen) atoms. The van der Waals surface area contributed by atoms with Crippen LogP contribution in [0.1, 0.15) is 84.5 Å². The van der Waals surface area contributed by atoms with Gasteiger partial charge in [-0.15, -0.1) is 0 Å². The Hall–Kier alpha value is 0.637. The summed E-state index contributed by atoms with van der Waals surface area (Å²) in [6, 6.07) is 0. The summed E-state index contributed by atoms with van der Waals surface area (Å²) in [5.41, 5.74) is 1.44. The minimum atomic E-state index is -2.02. The average molecular weight is 586 g/mol. The molecule has 156 valence electrons. The molecule has 0 aromatic carbocycles. The van der Waals surface area contributed by atoms with E-state index in [0.29, 0.717) is 0 Å². The van der Waals surface area contributed by atoms with E-state index in [1.165, 1.54) is 76.2 Å². The zero-order valence-corrected chi connectivity index (χ0v) is 25.6. The van der Waals surface area contributed by atoms with Gasteiger partial charge in [0.2, 0.25) is 0 Å². The minimum absolute atomic E-state index is 1.17. The summed E-state index contributed by atoms with van der Waals surface area (Å²) in [4.78, 5) is 14.9. The number of allylic oxidation sites excluding steroid dienone is 4. The Bertz CT molecular complexity index is 501. The Morgan fingerprint density at radius 3 is 1.89 bits per heavy atom. The zero-order chi connectivity index (χ0) is 20.8. The van der Waals surface area contributed by atoms with E-state index in [9.17, 15) is 0 Å². The van der Waals surface area contributed by atoms with E-state index < -0.39 is 36.8 Å². The second kappa shape index (κ2) is 15.5. The third-order valence-electron chi connectivity index (χ3n) is 4.88. The second-order valence-electron chi connectivity index (χ2n) is 10.1. The molecule has 0 aliphatic carbocycles. The molecule has 0 fully saturated rings. The third kappa shape index (κ3) is 17.2. The van der Waals surface area contributed by atoms with Gasteiger partial charge in [0.1, 0.15) is 0 Å². The average Bonchev–Trinajstić information content (AvgIpc) is 2.55. The van der Waals surface area contributed by atoms with Gasteiger partial charge in [0, 0.05) is 0 Å². The van der Waals surface area contributed by atoms with E-state index in [0.717, 1.165) is 0 Å². The van der Waals surface area contributed by atoms with Crippen molar-refractivity contribution in [2.75, 3.05) is 0 Å². The van der Waals surface area contributed by atoms with Crippen LogP contribution in [0.3, 0.4) is 0 Å². The topological polar surface area (TPSA) is 0 Å². The molecule has 0 radical (unpaired) electrons. The summed E-state index contributed by atoms with van der Waals surface area (Å²) in [5.74, 6) is 3.64. The van der Waals surface area contributed by atoms with Crippen LogP contribution in [0, 0.1) is 9.86 Å². The molecule has 2 heteroatoms. The fraction of sp³-hybridized carbons (Fsp3) is 0.760. The maximum atomic E-state index is 3.69. The monoisotopic (exact) mass is 588 g/mol. The van der Waals surface area contributed by atoms with Crippen molar-refractivity contribution in [3.05, 3.63) is 21.3 Å². The number of hydrogen-bond donors (Lipinski definition) is 0. The first-order chi connectivity index (χ1) is 12.6. The van der Waals surface area contributed by atoms with Crippen LogP contribution in [0.5, 0.6) is 0 Å². The van der Waals surface area contributed by atoms with Gasteiger partial charge in [-0.3, -0.25) is 0 Å². The summed E-state index contributed by atoms with van der Waals surface area (Å²) in [5, 5.41) is 0. The van der Waals surface area contributed by atoms with E-state index in [1.54, 1.807) is 3.59 Å². The van der Waals surface area contributed by atoms with E-state index in [-0.39, 0.29) is 0 Å². The molecule has 0 aliphatic rings. The zero-order valence-electron chi connectivity index (χ0n) is 19.9. The van der Waals surface area contributed by atoms with Crippen molar-refractivity contribution in [3.8, 4) is 9.86 Å². The predicted octanol–water partition coefficient (Wildman–Crippen LogP) is 8.93. The first kappa shape index (κ1) is 27.6. The molecule has 0 N–H and O–H groups in total. The van der Waals surface area contributed by atoms with Crippen molar-refractivity contribution in [2.24, 2.45) is 0 Å². The van der Waals surface area contributed by atoms with Crippen molar-refractivity contribution in [1.82, 2.24) is 0 Å². The van der Waals surface area contributed by atoms with Crippen LogP contribution in [-0.2, 0) is 0 Å². The molecule has 0 heterocycles. The Morgan fingerprint density at radius 2 is 1.33 bits per heavy atom. The van der Waals surface area contributed by atoms with E-state index in [4.69, 9.17) is 0 Å². The van der Waals surface area contributed by atoms with Gasteiger partial charge in [-0.05, 0) is 0 Å². The fourth-order valence-electron chi connectivity index (χ4n) is 2.99. The van der Waals surface area contributed by atoms with Crippen molar-refractivity contribution >= 4 is 36.8 Å². The molecule has 0 spiro atoms. The summed E-state index contributed by atoms with van der Waals surface area (Å²) in [6.45, 7) is 4.58. The van der Waals surface area contributed by atoms with Crippen LogP contribution in [0.15, 0.2) is 21.3 Å². The van der Waals surface area contributed by atoms with Gasteiger partial charge in [0.25, 0.3) is 0 Å². The van der Waals surface area contributed by atoms with Crippen LogP contribution in [0.4, 0.5) is 0 Å². The number of hydrogen-bond acceptors (Lipinski definition) is 0. The fourth-order valence-corrected chi connectivity index (χ4v) is 8.72. The van der Waals surface area contributed by atoms with Crippen LogP contribution in [-0.4, -0.2) is 36.8 Å². The molecule has 0 bridgehead atoms. The molecule has 0 aromatic heterocycles. The molecular weight excluding hydrogens is 538 g/mol. The van der Waals surface area contributed by atoms with Crippen LogP contribution >= 0.6 is 0 Å². The Labute approximate surface area is 180 Å². The maximum absolute atomic E-state index is 3.69. The molecule has 0 rings (SSSR count). The SMILES string of the molecule is CCCC/C=[C](\C/C=C(\C#[C][Sn]([CH3])([CH3])[CH3])CCCCCCCC)[Sn]([CH3])([CH3])[CH3]. The van der Waals surface area contributed by atoms with Crippen molar-refractivity contribution in [2.45, 2.75) is 114 Å². The molecular formula is C25H48Sn2. The van der Waals surface area contributed by atoms with Crippen molar-refractivity contribution < 1.29 is 0 Å².